The molecule has 43 heavy (non-hydrogen) atoms. The second-order valence-corrected chi connectivity index (χ2v) is 12.1. The molecule has 0 unspecified atom stereocenters. The average Bonchev–Trinajstić information content (AvgIpc) is 3.03. The van der Waals surface area contributed by atoms with Crippen LogP contribution in [0.25, 0.3) is 0 Å². The standard InChI is InChI=1S/C34H37N3O5S/c1-4-26(2)35-34(39)27(3)36(24-28-14-8-5-9-15-28)33(38)25-37(43(40,41)32-18-12-7-13-19-32)29-20-22-31(23-21-29)42-30-16-10-6-11-17-30/h5-23,26-27H,4,24-25H2,1-3H3,(H,35,39)/t26-,27+/m1/s1. The average molecular weight is 600 g/mol. The van der Waals surface area contributed by atoms with E-state index in [-0.39, 0.29) is 29.1 Å². The lowest BCUT2D eigenvalue weighted by Gasteiger charge is -2.32. The zero-order chi connectivity index (χ0) is 30.8. The number of nitrogens with one attached hydrogen (secondary N) is 1. The van der Waals surface area contributed by atoms with Gasteiger partial charge in [0.15, 0.2) is 0 Å². The van der Waals surface area contributed by atoms with Crippen molar-refractivity contribution in [1.82, 2.24) is 10.2 Å². The van der Waals surface area contributed by atoms with Crippen molar-refractivity contribution in [3.63, 3.8) is 0 Å². The SMILES string of the molecule is CC[C@@H](C)NC(=O)[C@H](C)N(Cc1ccccc1)C(=O)CN(c1ccc(Oc2ccccc2)cc1)S(=O)(=O)c1ccccc1. The van der Waals surface area contributed by atoms with E-state index in [0.717, 1.165) is 16.3 Å². The molecule has 4 aromatic rings. The maximum Gasteiger partial charge on any atom is 0.264 e. The van der Waals surface area contributed by atoms with Crippen molar-refractivity contribution in [2.45, 2.75) is 50.7 Å². The minimum absolute atomic E-state index is 0.0459. The zero-order valence-electron chi connectivity index (χ0n) is 24.6. The molecule has 0 bridgehead atoms. The van der Waals surface area contributed by atoms with Crippen LogP contribution in [0.3, 0.4) is 0 Å². The first-order valence-electron chi connectivity index (χ1n) is 14.2. The van der Waals surface area contributed by atoms with E-state index in [2.05, 4.69) is 5.32 Å². The fourth-order valence-electron chi connectivity index (χ4n) is 4.38. The number of hydrogen-bond acceptors (Lipinski definition) is 5. The third kappa shape index (κ3) is 8.23. The molecule has 0 saturated carbocycles. The highest BCUT2D eigenvalue weighted by atomic mass is 32.2. The van der Waals surface area contributed by atoms with E-state index < -0.39 is 28.5 Å². The Labute approximate surface area is 254 Å². The fourth-order valence-corrected chi connectivity index (χ4v) is 5.82. The van der Waals surface area contributed by atoms with Crippen molar-refractivity contribution in [3.05, 3.63) is 121 Å². The van der Waals surface area contributed by atoms with Crippen molar-refractivity contribution in [3.8, 4) is 11.5 Å². The van der Waals surface area contributed by atoms with Gasteiger partial charge in [-0.05, 0) is 74.4 Å². The molecule has 4 rings (SSSR count). The predicted molar refractivity (Wildman–Crippen MR) is 168 cm³/mol. The van der Waals surface area contributed by atoms with E-state index in [1.807, 2.05) is 74.5 Å². The van der Waals surface area contributed by atoms with Crippen molar-refractivity contribution in [1.29, 1.82) is 0 Å². The maximum absolute atomic E-state index is 14.0. The molecule has 0 aliphatic rings. The highest BCUT2D eigenvalue weighted by Gasteiger charge is 2.32. The summed E-state index contributed by atoms with van der Waals surface area (Å²) in [7, 11) is -4.15. The van der Waals surface area contributed by atoms with Gasteiger partial charge in [0.25, 0.3) is 10.0 Å². The number of carbonyl (C=O) groups excluding carboxylic acids is 2. The van der Waals surface area contributed by atoms with E-state index in [0.29, 0.717) is 11.5 Å². The van der Waals surface area contributed by atoms with Crippen LogP contribution in [-0.4, -0.2) is 43.8 Å². The summed E-state index contributed by atoms with van der Waals surface area (Å²) in [6, 6.07) is 32.1. The van der Waals surface area contributed by atoms with E-state index in [4.69, 9.17) is 4.74 Å². The van der Waals surface area contributed by atoms with Crippen LogP contribution >= 0.6 is 0 Å². The minimum Gasteiger partial charge on any atom is -0.457 e. The quantitative estimate of drug-likeness (QED) is 0.203. The molecule has 0 heterocycles. The third-order valence-corrected chi connectivity index (χ3v) is 8.87. The van der Waals surface area contributed by atoms with Crippen LogP contribution in [0.1, 0.15) is 32.8 Å². The number of sulfonamides is 1. The third-order valence-electron chi connectivity index (χ3n) is 7.08. The number of ether oxygens (including phenoxy) is 1. The van der Waals surface area contributed by atoms with Crippen molar-refractivity contribution >= 4 is 27.5 Å². The summed E-state index contributed by atoms with van der Waals surface area (Å²) in [5.74, 6) is 0.332. The van der Waals surface area contributed by atoms with Gasteiger partial charge < -0.3 is 15.0 Å². The van der Waals surface area contributed by atoms with Crippen LogP contribution in [0, 0.1) is 0 Å². The van der Waals surface area contributed by atoms with Crippen LogP contribution in [0.5, 0.6) is 11.5 Å². The monoisotopic (exact) mass is 599 g/mol. The molecule has 0 aliphatic heterocycles. The summed E-state index contributed by atoms with van der Waals surface area (Å²) in [6.07, 6.45) is 0.734. The normalized spacial score (nSPS) is 12.5. The molecule has 4 aromatic carbocycles. The second kappa shape index (κ2) is 14.5. The summed E-state index contributed by atoms with van der Waals surface area (Å²) in [5.41, 5.74) is 1.10. The molecule has 0 radical (unpaired) electrons. The Bertz CT molecular complexity index is 1580. The number of nitrogens with zero attached hydrogens (tertiary/aromatic N) is 2. The van der Waals surface area contributed by atoms with Gasteiger partial charge in [0.1, 0.15) is 24.1 Å². The Morgan fingerprint density at radius 1 is 0.767 bits per heavy atom. The Morgan fingerprint density at radius 3 is 1.88 bits per heavy atom. The molecule has 0 aliphatic carbocycles. The van der Waals surface area contributed by atoms with Crippen molar-refractivity contribution in [2.24, 2.45) is 0 Å². The van der Waals surface area contributed by atoms with Gasteiger partial charge in [-0.25, -0.2) is 8.42 Å². The van der Waals surface area contributed by atoms with E-state index in [1.54, 1.807) is 49.4 Å². The molecular weight excluding hydrogens is 562 g/mol. The zero-order valence-corrected chi connectivity index (χ0v) is 25.4. The molecule has 224 valence electrons. The number of hydrogen-bond donors (Lipinski definition) is 1. The van der Waals surface area contributed by atoms with Gasteiger partial charge >= 0.3 is 0 Å². The van der Waals surface area contributed by atoms with Crippen LogP contribution in [0.15, 0.2) is 120 Å². The van der Waals surface area contributed by atoms with E-state index in [9.17, 15) is 18.0 Å². The lowest BCUT2D eigenvalue weighted by atomic mass is 10.1. The van der Waals surface area contributed by atoms with Gasteiger partial charge in [-0.1, -0.05) is 73.7 Å². The van der Waals surface area contributed by atoms with Gasteiger partial charge in [-0.3, -0.25) is 13.9 Å². The Balaban J connectivity index is 1.68. The van der Waals surface area contributed by atoms with Gasteiger partial charge in [-0.2, -0.15) is 0 Å². The summed E-state index contributed by atoms with van der Waals surface area (Å²) >= 11 is 0. The number of para-hydroxylation sites is 1. The topological polar surface area (TPSA) is 96.0 Å². The first kappa shape index (κ1) is 31.3. The van der Waals surface area contributed by atoms with E-state index in [1.165, 1.54) is 17.0 Å². The number of anilines is 1. The Hall–Kier alpha value is -4.63. The molecule has 9 heteroatoms. The van der Waals surface area contributed by atoms with E-state index >= 15 is 0 Å². The highest BCUT2D eigenvalue weighted by Crippen LogP contribution is 2.28. The molecule has 2 amide bonds. The summed E-state index contributed by atoms with van der Waals surface area (Å²) in [4.78, 5) is 28.7. The number of carbonyl (C=O) groups is 2. The number of amides is 2. The van der Waals surface area contributed by atoms with Gasteiger partial charge in [0.05, 0.1) is 10.6 Å². The van der Waals surface area contributed by atoms with Crippen molar-refractivity contribution in [2.75, 3.05) is 10.8 Å². The lowest BCUT2D eigenvalue weighted by Crippen LogP contribution is -2.52. The fraction of sp³-hybridized carbons (Fsp3) is 0.235. The maximum atomic E-state index is 14.0. The van der Waals surface area contributed by atoms with Crippen LogP contribution < -0.4 is 14.4 Å². The Morgan fingerprint density at radius 2 is 1.30 bits per heavy atom. The number of benzene rings is 4. The molecule has 0 aromatic heterocycles. The molecule has 1 N–H and O–H groups in total. The summed E-state index contributed by atoms with van der Waals surface area (Å²) in [5, 5.41) is 2.94. The van der Waals surface area contributed by atoms with Gasteiger partial charge in [-0.15, -0.1) is 0 Å². The summed E-state index contributed by atoms with van der Waals surface area (Å²) < 4.78 is 34.9. The molecule has 2 atom stereocenters. The molecule has 8 nitrogen and oxygen atoms in total. The van der Waals surface area contributed by atoms with Gasteiger partial charge in [0, 0.05) is 12.6 Å². The van der Waals surface area contributed by atoms with Crippen molar-refractivity contribution < 1.29 is 22.7 Å². The first-order valence-corrected chi connectivity index (χ1v) is 15.7. The highest BCUT2D eigenvalue weighted by molar-refractivity contribution is 7.92. The molecular formula is C34H37N3O5S. The van der Waals surface area contributed by atoms with Crippen LogP contribution in [0.2, 0.25) is 0 Å². The Kier molecular flexibility index (Phi) is 10.6. The predicted octanol–water partition coefficient (Wildman–Crippen LogP) is 6.01. The molecule has 0 fully saturated rings. The smallest absolute Gasteiger partial charge is 0.264 e. The summed E-state index contributed by atoms with van der Waals surface area (Å²) in [6.45, 7) is 5.14. The van der Waals surface area contributed by atoms with Crippen LogP contribution in [0.4, 0.5) is 5.69 Å². The number of rotatable bonds is 13. The molecule has 0 saturated heterocycles. The molecule has 0 spiro atoms. The minimum atomic E-state index is -4.15. The van der Waals surface area contributed by atoms with Gasteiger partial charge in [0.2, 0.25) is 11.8 Å². The largest absolute Gasteiger partial charge is 0.457 e. The van der Waals surface area contributed by atoms with Crippen LogP contribution in [-0.2, 0) is 26.2 Å². The first-order chi connectivity index (χ1) is 20.7. The second-order valence-electron chi connectivity index (χ2n) is 10.2. The lowest BCUT2D eigenvalue weighted by molar-refractivity contribution is -0.139.